The van der Waals surface area contributed by atoms with Crippen molar-refractivity contribution < 1.29 is 9.90 Å². The molecule has 0 aliphatic carbocycles. The SMILES string of the molecule is CCSCCCC=CC(=O)O. The summed E-state index contributed by atoms with van der Waals surface area (Å²) in [6.45, 7) is 2.12. The average molecular weight is 174 g/mol. The van der Waals surface area contributed by atoms with E-state index in [-0.39, 0.29) is 0 Å². The first-order chi connectivity index (χ1) is 5.27. The maximum Gasteiger partial charge on any atom is 0.327 e. The highest BCUT2D eigenvalue weighted by molar-refractivity contribution is 7.99. The number of rotatable bonds is 6. The van der Waals surface area contributed by atoms with Crippen LogP contribution in [0.3, 0.4) is 0 Å². The largest absolute Gasteiger partial charge is 0.478 e. The van der Waals surface area contributed by atoms with Crippen molar-refractivity contribution in [3.8, 4) is 0 Å². The monoisotopic (exact) mass is 174 g/mol. The molecule has 0 radical (unpaired) electrons. The lowest BCUT2D eigenvalue weighted by Crippen LogP contribution is -1.86. The van der Waals surface area contributed by atoms with Crippen LogP contribution in [0.25, 0.3) is 0 Å². The van der Waals surface area contributed by atoms with E-state index >= 15 is 0 Å². The van der Waals surface area contributed by atoms with Gasteiger partial charge in [0.1, 0.15) is 0 Å². The van der Waals surface area contributed by atoms with Crippen molar-refractivity contribution in [2.75, 3.05) is 11.5 Å². The third-order valence-electron chi connectivity index (χ3n) is 1.12. The highest BCUT2D eigenvalue weighted by atomic mass is 32.2. The molecule has 0 aromatic rings. The van der Waals surface area contributed by atoms with Crippen LogP contribution in [-0.2, 0) is 4.79 Å². The molecule has 0 bridgehead atoms. The predicted molar refractivity (Wildman–Crippen MR) is 49.0 cm³/mol. The summed E-state index contributed by atoms with van der Waals surface area (Å²) in [5.41, 5.74) is 0. The molecule has 0 amide bonds. The Morgan fingerprint density at radius 2 is 2.36 bits per heavy atom. The lowest BCUT2D eigenvalue weighted by atomic mass is 10.3. The standard InChI is InChI=1S/C8H14O2S/c1-2-11-7-5-3-4-6-8(9)10/h4,6H,2-3,5,7H2,1H3,(H,9,10). The van der Waals surface area contributed by atoms with E-state index in [0.29, 0.717) is 0 Å². The highest BCUT2D eigenvalue weighted by Crippen LogP contribution is 2.03. The summed E-state index contributed by atoms with van der Waals surface area (Å²) in [4.78, 5) is 10.00. The van der Waals surface area contributed by atoms with Crippen LogP contribution >= 0.6 is 11.8 Å². The Kier molecular flexibility index (Phi) is 7.36. The fourth-order valence-electron chi connectivity index (χ4n) is 0.632. The van der Waals surface area contributed by atoms with Gasteiger partial charge in [-0.3, -0.25) is 0 Å². The number of carboxylic acid groups (broad SMARTS) is 1. The second kappa shape index (κ2) is 7.66. The Balaban J connectivity index is 3.07. The number of allylic oxidation sites excluding steroid dienone is 1. The molecule has 0 aliphatic rings. The second-order valence-electron chi connectivity index (χ2n) is 2.08. The summed E-state index contributed by atoms with van der Waals surface area (Å²) in [6.07, 6.45) is 4.86. The van der Waals surface area contributed by atoms with Crippen molar-refractivity contribution in [2.45, 2.75) is 19.8 Å². The van der Waals surface area contributed by atoms with Gasteiger partial charge in [-0.05, 0) is 24.3 Å². The van der Waals surface area contributed by atoms with Crippen molar-refractivity contribution in [1.29, 1.82) is 0 Å². The number of carbonyl (C=O) groups is 1. The topological polar surface area (TPSA) is 37.3 Å². The molecule has 0 saturated heterocycles. The molecule has 0 unspecified atom stereocenters. The summed E-state index contributed by atoms with van der Waals surface area (Å²) < 4.78 is 0. The fourth-order valence-corrected chi connectivity index (χ4v) is 1.29. The van der Waals surface area contributed by atoms with Crippen LogP contribution in [0.2, 0.25) is 0 Å². The van der Waals surface area contributed by atoms with E-state index in [1.54, 1.807) is 6.08 Å². The third-order valence-corrected chi connectivity index (χ3v) is 2.11. The molecule has 2 nitrogen and oxygen atoms in total. The van der Waals surface area contributed by atoms with Crippen LogP contribution in [-0.4, -0.2) is 22.6 Å². The smallest absolute Gasteiger partial charge is 0.327 e. The summed E-state index contributed by atoms with van der Waals surface area (Å²) in [6, 6.07) is 0. The molecular formula is C8H14O2S. The summed E-state index contributed by atoms with van der Waals surface area (Å²) >= 11 is 1.89. The Labute approximate surface area is 71.7 Å². The second-order valence-corrected chi connectivity index (χ2v) is 3.47. The molecule has 0 fully saturated rings. The van der Waals surface area contributed by atoms with Gasteiger partial charge in [0.05, 0.1) is 0 Å². The van der Waals surface area contributed by atoms with E-state index in [4.69, 9.17) is 5.11 Å². The van der Waals surface area contributed by atoms with Gasteiger partial charge in [-0.2, -0.15) is 11.8 Å². The van der Waals surface area contributed by atoms with Crippen molar-refractivity contribution in [3.63, 3.8) is 0 Å². The number of carboxylic acids is 1. The van der Waals surface area contributed by atoms with Gasteiger partial charge >= 0.3 is 5.97 Å². The van der Waals surface area contributed by atoms with Crippen LogP contribution in [0.1, 0.15) is 19.8 Å². The molecule has 0 heterocycles. The van der Waals surface area contributed by atoms with E-state index in [9.17, 15) is 4.79 Å². The van der Waals surface area contributed by atoms with Gasteiger partial charge in [0.25, 0.3) is 0 Å². The van der Waals surface area contributed by atoms with Crippen LogP contribution in [0, 0.1) is 0 Å². The molecule has 0 aromatic heterocycles. The minimum atomic E-state index is -0.854. The molecule has 11 heavy (non-hydrogen) atoms. The highest BCUT2D eigenvalue weighted by Gasteiger charge is 1.86. The molecule has 3 heteroatoms. The van der Waals surface area contributed by atoms with E-state index in [1.807, 2.05) is 11.8 Å². The van der Waals surface area contributed by atoms with Crippen molar-refractivity contribution in [2.24, 2.45) is 0 Å². The van der Waals surface area contributed by atoms with Gasteiger partial charge in [0, 0.05) is 6.08 Å². The number of unbranched alkanes of at least 4 members (excludes halogenated alkanes) is 1. The maximum absolute atomic E-state index is 10.00. The zero-order valence-corrected chi connectivity index (χ0v) is 7.56. The summed E-state index contributed by atoms with van der Waals surface area (Å²) in [7, 11) is 0. The molecule has 64 valence electrons. The van der Waals surface area contributed by atoms with Crippen molar-refractivity contribution in [3.05, 3.63) is 12.2 Å². The Morgan fingerprint density at radius 1 is 1.64 bits per heavy atom. The maximum atomic E-state index is 10.00. The number of thioether (sulfide) groups is 1. The van der Waals surface area contributed by atoms with Crippen LogP contribution < -0.4 is 0 Å². The van der Waals surface area contributed by atoms with E-state index in [0.717, 1.165) is 24.3 Å². The van der Waals surface area contributed by atoms with Gasteiger partial charge in [0.2, 0.25) is 0 Å². The van der Waals surface area contributed by atoms with Gasteiger partial charge < -0.3 is 5.11 Å². The van der Waals surface area contributed by atoms with Crippen LogP contribution in [0.4, 0.5) is 0 Å². The summed E-state index contributed by atoms with van der Waals surface area (Å²) in [5, 5.41) is 8.22. The van der Waals surface area contributed by atoms with Crippen LogP contribution in [0.5, 0.6) is 0 Å². The normalized spacial score (nSPS) is 10.6. The number of aliphatic carboxylic acids is 1. The first-order valence-electron chi connectivity index (χ1n) is 3.74. The van der Waals surface area contributed by atoms with E-state index < -0.39 is 5.97 Å². The lowest BCUT2D eigenvalue weighted by molar-refractivity contribution is -0.131. The average Bonchev–Trinajstić information content (AvgIpc) is 1.96. The quantitative estimate of drug-likeness (QED) is 0.495. The number of hydrogen-bond acceptors (Lipinski definition) is 2. The van der Waals surface area contributed by atoms with E-state index in [2.05, 4.69) is 6.92 Å². The molecule has 1 N–H and O–H groups in total. The van der Waals surface area contributed by atoms with Crippen LogP contribution in [0.15, 0.2) is 12.2 Å². The fraction of sp³-hybridized carbons (Fsp3) is 0.625. The van der Waals surface area contributed by atoms with Gasteiger partial charge in [-0.25, -0.2) is 4.79 Å². The minimum absolute atomic E-state index is 0.854. The zero-order chi connectivity index (χ0) is 8.53. The van der Waals surface area contributed by atoms with Gasteiger partial charge in [0.15, 0.2) is 0 Å². The van der Waals surface area contributed by atoms with Crippen molar-refractivity contribution in [1.82, 2.24) is 0 Å². The zero-order valence-electron chi connectivity index (χ0n) is 6.75. The Morgan fingerprint density at radius 3 is 2.91 bits per heavy atom. The molecule has 0 spiro atoms. The van der Waals surface area contributed by atoms with Gasteiger partial charge in [-0.15, -0.1) is 0 Å². The molecule has 0 rings (SSSR count). The molecule has 0 atom stereocenters. The molecule has 0 aromatic carbocycles. The lowest BCUT2D eigenvalue weighted by Gasteiger charge is -1.93. The number of hydrogen-bond donors (Lipinski definition) is 1. The third kappa shape index (κ3) is 9.56. The first kappa shape index (κ1) is 10.6. The minimum Gasteiger partial charge on any atom is -0.478 e. The Hall–Kier alpha value is -0.440. The molecule has 0 saturated carbocycles. The molecular weight excluding hydrogens is 160 g/mol. The summed E-state index contributed by atoms with van der Waals surface area (Å²) in [5.74, 6) is 1.41. The first-order valence-corrected chi connectivity index (χ1v) is 4.90. The van der Waals surface area contributed by atoms with Gasteiger partial charge in [-0.1, -0.05) is 13.0 Å². The molecule has 0 aliphatic heterocycles. The van der Waals surface area contributed by atoms with E-state index in [1.165, 1.54) is 6.08 Å². The predicted octanol–water partition coefficient (Wildman–Crippen LogP) is 2.16. The van der Waals surface area contributed by atoms with Crippen molar-refractivity contribution >= 4 is 17.7 Å². The Bertz CT molecular complexity index is 132.